The van der Waals surface area contributed by atoms with Gasteiger partial charge in [0, 0.05) is 43.0 Å². The average molecular weight is 471 g/mol. The van der Waals surface area contributed by atoms with Gasteiger partial charge in [-0.1, -0.05) is 0 Å². The topological polar surface area (TPSA) is 113 Å². The molecular formula is C22H26N6O4S. The highest BCUT2D eigenvalue weighted by Crippen LogP contribution is 2.36. The smallest absolute Gasteiger partial charge is 0.359 e. The molecule has 1 aliphatic carbocycles. The molecule has 0 amide bonds. The molecule has 1 fully saturated rings. The number of aromatic nitrogens is 4. The summed E-state index contributed by atoms with van der Waals surface area (Å²) in [5.41, 5.74) is 4.40. The molecule has 1 saturated heterocycles. The molecule has 0 unspecified atom stereocenters. The Balaban J connectivity index is 1.53. The van der Waals surface area contributed by atoms with Crippen LogP contribution in [-0.2, 0) is 27.6 Å². The summed E-state index contributed by atoms with van der Waals surface area (Å²) in [5.74, 6) is -0.464. The molecule has 1 aliphatic heterocycles. The van der Waals surface area contributed by atoms with E-state index in [1.54, 1.807) is 42.1 Å². The number of aryl methyl sites for hydroxylation is 1. The number of carbonyl (C=O) groups excluding carboxylic acids is 1. The van der Waals surface area contributed by atoms with Gasteiger partial charge in [0.2, 0.25) is 10.0 Å². The Labute approximate surface area is 192 Å². The van der Waals surface area contributed by atoms with Gasteiger partial charge in [-0.3, -0.25) is 5.10 Å². The van der Waals surface area contributed by atoms with Crippen molar-refractivity contribution in [1.82, 2.24) is 29.2 Å². The third-order valence-electron chi connectivity index (χ3n) is 6.23. The van der Waals surface area contributed by atoms with Crippen molar-refractivity contribution in [3.8, 4) is 16.9 Å². The summed E-state index contributed by atoms with van der Waals surface area (Å²) in [4.78, 5) is 14.9. The van der Waals surface area contributed by atoms with E-state index in [4.69, 9.17) is 4.74 Å². The maximum absolute atomic E-state index is 13.1. The predicted molar refractivity (Wildman–Crippen MR) is 121 cm³/mol. The number of carbonyl (C=O) groups is 1. The Morgan fingerprint density at radius 1 is 1.12 bits per heavy atom. The summed E-state index contributed by atoms with van der Waals surface area (Å²) in [6.07, 6.45) is 3.09. The molecule has 0 bridgehead atoms. The van der Waals surface area contributed by atoms with Gasteiger partial charge in [-0.05, 0) is 51.1 Å². The Morgan fingerprint density at radius 3 is 2.55 bits per heavy atom. The van der Waals surface area contributed by atoms with Crippen molar-refractivity contribution >= 4 is 16.0 Å². The molecule has 0 saturated carbocycles. The molecule has 11 heteroatoms. The summed E-state index contributed by atoms with van der Waals surface area (Å²) in [6, 6.07) is 6.64. The van der Waals surface area contributed by atoms with Gasteiger partial charge >= 0.3 is 5.97 Å². The normalized spacial score (nSPS) is 16.9. The van der Waals surface area contributed by atoms with Gasteiger partial charge < -0.3 is 9.64 Å². The van der Waals surface area contributed by atoms with Gasteiger partial charge in [0.15, 0.2) is 5.69 Å². The molecule has 3 aromatic rings. The van der Waals surface area contributed by atoms with E-state index in [1.165, 1.54) is 4.31 Å². The minimum absolute atomic E-state index is 0.242. The number of ether oxygens (including phenoxy) is 1. The fourth-order valence-electron chi connectivity index (χ4n) is 4.41. The van der Waals surface area contributed by atoms with Crippen molar-refractivity contribution in [1.29, 1.82) is 0 Å². The number of nitrogens with one attached hydrogen (secondary N) is 1. The number of rotatable bonds is 5. The van der Waals surface area contributed by atoms with Gasteiger partial charge in [0.25, 0.3) is 0 Å². The summed E-state index contributed by atoms with van der Waals surface area (Å²) in [5, 5.41) is 11.8. The van der Waals surface area contributed by atoms with Crippen LogP contribution >= 0.6 is 0 Å². The highest BCUT2D eigenvalue weighted by Gasteiger charge is 2.31. The Kier molecular flexibility index (Phi) is 5.55. The lowest BCUT2D eigenvalue weighted by molar-refractivity contribution is 0.0517. The monoisotopic (exact) mass is 470 g/mol. The number of benzene rings is 1. The molecule has 0 radical (unpaired) electrons. The molecule has 0 atom stereocenters. The third-order valence-corrected chi connectivity index (χ3v) is 8.14. The Morgan fingerprint density at radius 2 is 1.85 bits per heavy atom. The first-order chi connectivity index (χ1) is 15.9. The molecule has 33 heavy (non-hydrogen) atoms. The lowest BCUT2D eigenvalue weighted by atomic mass is 9.94. The second-order valence-corrected chi connectivity index (χ2v) is 10.2. The molecule has 0 spiro atoms. The fraction of sp³-hybridized carbons (Fsp3) is 0.409. The highest BCUT2D eigenvalue weighted by atomic mass is 32.2. The van der Waals surface area contributed by atoms with Gasteiger partial charge in [-0.15, -0.1) is 0 Å². The van der Waals surface area contributed by atoms with E-state index in [2.05, 4.69) is 20.2 Å². The van der Waals surface area contributed by atoms with Crippen LogP contribution in [0, 0.1) is 0 Å². The first-order valence-corrected chi connectivity index (χ1v) is 12.4. The number of fused-ring (bicyclic) bond motifs is 3. The molecule has 5 rings (SSSR count). The van der Waals surface area contributed by atoms with Crippen LogP contribution in [0.1, 0.15) is 28.7 Å². The average Bonchev–Trinajstić information content (AvgIpc) is 3.44. The molecule has 174 valence electrons. The summed E-state index contributed by atoms with van der Waals surface area (Å²) in [7, 11) is -1.58. The number of aromatic amines is 1. The number of esters is 1. The maximum atomic E-state index is 13.1. The number of hydrogen-bond donors (Lipinski definition) is 1. The van der Waals surface area contributed by atoms with Crippen molar-refractivity contribution in [3.05, 3.63) is 47.4 Å². The number of H-pyrrole nitrogens is 1. The lowest BCUT2D eigenvalue weighted by Gasteiger charge is -2.31. The van der Waals surface area contributed by atoms with E-state index in [-0.39, 0.29) is 17.2 Å². The molecule has 1 aromatic carbocycles. The van der Waals surface area contributed by atoms with Crippen LogP contribution in [0.15, 0.2) is 35.4 Å². The van der Waals surface area contributed by atoms with E-state index in [9.17, 15) is 13.2 Å². The third kappa shape index (κ3) is 3.75. The van der Waals surface area contributed by atoms with Crippen molar-refractivity contribution < 1.29 is 17.9 Å². The molecule has 2 aromatic heterocycles. The van der Waals surface area contributed by atoms with Crippen LogP contribution in [-0.4, -0.2) is 83.4 Å². The van der Waals surface area contributed by atoms with E-state index < -0.39 is 16.0 Å². The quantitative estimate of drug-likeness (QED) is 0.562. The number of sulfonamides is 1. The molecule has 2 aliphatic rings. The first kappa shape index (κ1) is 21.8. The van der Waals surface area contributed by atoms with Crippen molar-refractivity contribution in [2.45, 2.75) is 24.7 Å². The summed E-state index contributed by atoms with van der Waals surface area (Å²) < 4.78 is 34.6. The van der Waals surface area contributed by atoms with Crippen LogP contribution in [0.5, 0.6) is 0 Å². The number of nitrogens with zero attached hydrogens (tertiary/aromatic N) is 5. The number of piperazine rings is 1. The molecule has 1 N–H and O–H groups in total. The van der Waals surface area contributed by atoms with Crippen molar-refractivity contribution in [2.24, 2.45) is 0 Å². The molecular weight excluding hydrogens is 444 g/mol. The zero-order valence-corrected chi connectivity index (χ0v) is 19.4. The SMILES string of the molecule is CCOC(=O)c1nn(-c2ccc(S(=O)(=O)N3CCN(C)CC3)cc2)c2c1CCc1[nH]ncc1-2. The van der Waals surface area contributed by atoms with E-state index in [0.717, 1.165) is 28.9 Å². The van der Waals surface area contributed by atoms with Gasteiger partial charge in [0.1, 0.15) is 0 Å². The minimum atomic E-state index is -3.57. The largest absolute Gasteiger partial charge is 0.461 e. The van der Waals surface area contributed by atoms with Gasteiger partial charge in [-0.2, -0.15) is 14.5 Å². The first-order valence-electron chi connectivity index (χ1n) is 11.0. The maximum Gasteiger partial charge on any atom is 0.359 e. The molecule has 3 heterocycles. The standard InChI is InChI=1S/C22H26N6O4S/c1-3-32-22(29)20-17-8-9-19-18(14-23-24-19)21(17)28(25-20)15-4-6-16(7-5-15)33(30,31)27-12-10-26(2)11-13-27/h4-7,14H,3,8-13H2,1-2H3,(H,23,24). The predicted octanol–water partition coefficient (Wildman–Crippen LogP) is 1.47. The lowest BCUT2D eigenvalue weighted by Crippen LogP contribution is -2.46. The second kappa shape index (κ2) is 8.40. The zero-order chi connectivity index (χ0) is 23.2. The number of likely N-dealkylation sites (N-methyl/N-ethyl adjacent to an activating group) is 1. The Bertz CT molecular complexity index is 1290. The summed E-state index contributed by atoms with van der Waals surface area (Å²) >= 11 is 0. The summed E-state index contributed by atoms with van der Waals surface area (Å²) in [6.45, 7) is 4.38. The Hall–Kier alpha value is -3.02. The van der Waals surface area contributed by atoms with Crippen LogP contribution in [0.3, 0.4) is 0 Å². The fourth-order valence-corrected chi connectivity index (χ4v) is 5.83. The van der Waals surface area contributed by atoms with Gasteiger partial charge in [-0.25, -0.2) is 17.9 Å². The van der Waals surface area contributed by atoms with Crippen molar-refractivity contribution in [2.75, 3.05) is 39.8 Å². The number of hydrogen-bond acceptors (Lipinski definition) is 7. The molecule has 10 nitrogen and oxygen atoms in total. The van der Waals surface area contributed by atoms with Gasteiger partial charge in [0.05, 0.1) is 29.1 Å². The zero-order valence-electron chi connectivity index (χ0n) is 18.6. The minimum Gasteiger partial charge on any atom is -0.461 e. The van der Waals surface area contributed by atoms with Crippen molar-refractivity contribution in [3.63, 3.8) is 0 Å². The van der Waals surface area contributed by atoms with Crippen LogP contribution < -0.4 is 0 Å². The van der Waals surface area contributed by atoms with E-state index in [1.807, 2.05) is 7.05 Å². The highest BCUT2D eigenvalue weighted by molar-refractivity contribution is 7.89. The van der Waals surface area contributed by atoms with Crippen LogP contribution in [0.2, 0.25) is 0 Å². The van der Waals surface area contributed by atoms with E-state index >= 15 is 0 Å². The van der Waals surface area contributed by atoms with E-state index in [0.29, 0.717) is 38.3 Å². The second-order valence-electron chi connectivity index (χ2n) is 8.27. The van der Waals surface area contributed by atoms with Crippen LogP contribution in [0.25, 0.3) is 16.9 Å². The van der Waals surface area contributed by atoms with Crippen LogP contribution in [0.4, 0.5) is 0 Å².